The Morgan fingerprint density at radius 3 is 2.19 bits per heavy atom. The molecule has 3 heteroatoms. The fourth-order valence-corrected chi connectivity index (χ4v) is 3.57. The van der Waals surface area contributed by atoms with Crippen LogP contribution in [0.5, 0.6) is 5.75 Å². The summed E-state index contributed by atoms with van der Waals surface area (Å²) < 4.78 is 5.51. The maximum Gasteiger partial charge on any atom is 0.343 e. The van der Waals surface area contributed by atoms with E-state index in [0.717, 1.165) is 12.0 Å². The van der Waals surface area contributed by atoms with Crippen LogP contribution in [0.4, 0.5) is 0 Å². The van der Waals surface area contributed by atoms with E-state index >= 15 is 0 Å². The minimum absolute atomic E-state index is 0.0174. The van der Waals surface area contributed by atoms with Gasteiger partial charge in [0, 0.05) is 5.92 Å². The molecule has 0 aliphatic rings. The highest BCUT2D eigenvalue weighted by molar-refractivity contribution is 5.84. The van der Waals surface area contributed by atoms with Gasteiger partial charge in [0.2, 0.25) is 0 Å². The molecule has 3 nitrogen and oxygen atoms in total. The van der Waals surface area contributed by atoms with E-state index in [1.807, 2.05) is 54.6 Å². The van der Waals surface area contributed by atoms with E-state index in [1.165, 1.54) is 5.56 Å². The summed E-state index contributed by atoms with van der Waals surface area (Å²) in [6.07, 6.45) is 1.50. The Labute approximate surface area is 157 Å². The molecule has 0 bridgehead atoms. The fourth-order valence-electron chi connectivity index (χ4n) is 3.57. The van der Waals surface area contributed by atoms with Gasteiger partial charge in [-0.1, -0.05) is 72.8 Å². The number of aryl methyl sites for hydroxylation is 1. The first-order valence-corrected chi connectivity index (χ1v) is 9.07. The zero-order valence-electron chi connectivity index (χ0n) is 14.8. The zero-order chi connectivity index (χ0) is 18.6. The standard InChI is InChI=1S/C24H20O3/c25-23-20-13-7-8-14-21(20)27-24(26)22(23)19(18-11-5-2-6-12-18)16-15-17-9-3-1-4-10-17/h1-14,19,25H,15-16H2. The first kappa shape index (κ1) is 17.1. The van der Waals surface area contributed by atoms with E-state index in [0.29, 0.717) is 23.0 Å². The highest BCUT2D eigenvalue weighted by Gasteiger charge is 2.24. The highest BCUT2D eigenvalue weighted by Crippen LogP contribution is 2.36. The summed E-state index contributed by atoms with van der Waals surface area (Å²) in [4.78, 5) is 12.8. The van der Waals surface area contributed by atoms with Gasteiger partial charge in [0.05, 0.1) is 10.9 Å². The molecule has 4 aromatic rings. The topological polar surface area (TPSA) is 50.4 Å². The van der Waals surface area contributed by atoms with Crippen LogP contribution in [0.2, 0.25) is 0 Å². The van der Waals surface area contributed by atoms with Crippen molar-refractivity contribution in [1.82, 2.24) is 0 Å². The van der Waals surface area contributed by atoms with Crippen molar-refractivity contribution < 1.29 is 9.52 Å². The quantitative estimate of drug-likeness (QED) is 0.496. The minimum atomic E-state index is -0.479. The molecule has 1 atom stereocenters. The van der Waals surface area contributed by atoms with Crippen LogP contribution in [0.3, 0.4) is 0 Å². The van der Waals surface area contributed by atoms with E-state index in [9.17, 15) is 9.90 Å². The Hall–Kier alpha value is -3.33. The average molecular weight is 356 g/mol. The van der Waals surface area contributed by atoms with Gasteiger partial charge < -0.3 is 9.52 Å². The number of fused-ring (bicyclic) bond motifs is 1. The van der Waals surface area contributed by atoms with E-state index in [1.54, 1.807) is 18.2 Å². The molecular formula is C24H20O3. The van der Waals surface area contributed by atoms with E-state index in [2.05, 4.69) is 12.1 Å². The Kier molecular flexibility index (Phi) is 4.75. The minimum Gasteiger partial charge on any atom is -0.507 e. The van der Waals surface area contributed by atoms with Gasteiger partial charge >= 0.3 is 5.63 Å². The first-order valence-electron chi connectivity index (χ1n) is 9.07. The molecule has 1 aromatic heterocycles. The second-order valence-corrected chi connectivity index (χ2v) is 6.64. The van der Waals surface area contributed by atoms with Gasteiger partial charge in [-0.3, -0.25) is 0 Å². The smallest absolute Gasteiger partial charge is 0.343 e. The van der Waals surface area contributed by atoms with Crippen molar-refractivity contribution in [1.29, 1.82) is 0 Å². The van der Waals surface area contributed by atoms with Crippen LogP contribution in [-0.2, 0) is 6.42 Å². The second kappa shape index (κ2) is 7.50. The Bertz CT molecular complexity index is 1100. The average Bonchev–Trinajstić information content (AvgIpc) is 2.72. The van der Waals surface area contributed by atoms with Gasteiger partial charge in [-0.25, -0.2) is 4.79 Å². The van der Waals surface area contributed by atoms with Crippen LogP contribution < -0.4 is 5.63 Å². The summed E-state index contributed by atoms with van der Waals surface area (Å²) in [5, 5.41) is 11.5. The van der Waals surface area contributed by atoms with E-state index < -0.39 is 5.63 Å². The number of para-hydroxylation sites is 1. The van der Waals surface area contributed by atoms with Crippen LogP contribution in [0.25, 0.3) is 11.0 Å². The van der Waals surface area contributed by atoms with Crippen molar-refractivity contribution in [3.63, 3.8) is 0 Å². The van der Waals surface area contributed by atoms with Crippen molar-refractivity contribution in [2.45, 2.75) is 18.8 Å². The van der Waals surface area contributed by atoms with Crippen molar-refractivity contribution in [2.75, 3.05) is 0 Å². The van der Waals surface area contributed by atoms with Gasteiger partial charge in [0.25, 0.3) is 0 Å². The Morgan fingerprint density at radius 1 is 0.815 bits per heavy atom. The molecular weight excluding hydrogens is 336 g/mol. The van der Waals surface area contributed by atoms with Crippen LogP contribution in [0, 0.1) is 0 Å². The van der Waals surface area contributed by atoms with E-state index in [-0.39, 0.29) is 11.7 Å². The van der Waals surface area contributed by atoms with Crippen molar-refractivity contribution >= 4 is 11.0 Å². The summed E-state index contributed by atoms with van der Waals surface area (Å²) in [5.74, 6) is -0.226. The molecule has 0 spiro atoms. The predicted molar refractivity (Wildman–Crippen MR) is 107 cm³/mol. The first-order chi connectivity index (χ1) is 13.2. The van der Waals surface area contributed by atoms with Crippen molar-refractivity contribution in [3.8, 4) is 5.75 Å². The molecule has 0 saturated carbocycles. The molecule has 0 radical (unpaired) electrons. The Balaban J connectivity index is 1.81. The van der Waals surface area contributed by atoms with Crippen LogP contribution in [-0.4, -0.2) is 5.11 Å². The summed E-state index contributed by atoms with van der Waals surface area (Å²) >= 11 is 0. The summed E-state index contributed by atoms with van der Waals surface area (Å²) in [5.41, 5.74) is 2.44. The normalized spacial score (nSPS) is 12.1. The number of benzene rings is 3. The van der Waals surface area contributed by atoms with Gasteiger partial charge in [-0.15, -0.1) is 0 Å². The molecule has 0 aliphatic carbocycles. The summed E-state index contributed by atoms with van der Waals surface area (Å²) in [6, 6.07) is 27.1. The third kappa shape index (κ3) is 3.49. The van der Waals surface area contributed by atoms with Gasteiger partial charge in [-0.2, -0.15) is 0 Å². The molecule has 1 unspecified atom stereocenters. The predicted octanol–water partition coefficient (Wildman–Crippen LogP) is 5.26. The lowest BCUT2D eigenvalue weighted by molar-refractivity contribution is 0.448. The summed E-state index contributed by atoms with van der Waals surface area (Å²) in [7, 11) is 0. The lowest BCUT2D eigenvalue weighted by atomic mass is 9.86. The SMILES string of the molecule is O=c1oc2ccccc2c(O)c1C(CCc1ccccc1)c1ccccc1. The van der Waals surface area contributed by atoms with Crippen LogP contribution in [0.1, 0.15) is 29.0 Å². The van der Waals surface area contributed by atoms with Gasteiger partial charge in [0.15, 0.2) is 0 Å². The third-order valence-electron chi connectivity index (χ3n) is 4.93. The lowest BCUT2D eigenvalue weighted by Crippen LogP contribution is -2.15. The molecule has 1 heterocycles. The monoisotopic (exact) mass is 356 g/mol. The largest absolute Gasteiger partial charge is 0.507 e. The van der Waals surface area contributed by atoms with Crippen LogP contribution in [0.15, 0.2) is 94.1 Å². The molecule has 27 heavy (non-hydrogen) atoms. The molecule has 1 N–H and O–H groups in total. The molecule has 0 amide bonds. The summed E-state index contributed by atoms with van der Waals surface area (Å²) in [6.45, 7) is 0. The fraction of sp³-hybridized carbons (Fsp3) is 0.125. The second-order valence-electron chi connectivity index (χ2n) is 6.64. The molecule has 3 aromatic carbocycles. The molecule has 0 saturated heterocycles. The van der Waals surface area contributed by atoms with E-state index in [4.69, 9.17) is 4.42 Å². The number of aromatic hydroxyl groups is 1. The highest BCUT2D eigenvalue weighted by atomic mass is 16.4. The number of hydrogen-bond acceptors (Lipinski definition) is 3. The lowest BCUT2D eigenvalue weighted by Gasteiger charge is -2.18. The number of hydrogen-bond donors (Lipinski definition) is 1. The molecule has 134 valence electrons. The van der Waals surface area contributed by atoms with Crippen LogP contribution >= 0.6 is 0 Å². The molecule has 0 aliphatic heterocycles. The van der Waals surface area contributed by atoms with Gasteiger partial charge in [0.1, 0.15) is 11.3 Å². The number of rotatable bonds is 5. The Morgan fingerprint density at radius 2 is 1.44 bits per heavy atom. The third-order valence-corrected chi connectivity index (χ3v) is 4.93. The van der Waals surface area contributed by atoms with Gasteiger partial charge in [-0.05, 0) is 36.1 Å². The maximum atomic E-state index is 12.8. The maximum absolute atomic E-state index is 12.8. The molecule has 0 fully saturated rings. The van der Waals surface area contributed by atoms with Crippen molar-refractivity contribution in [2.24, 2.45) is 0 Å². The zero-order valence-corrected chi connectivity index (χ0v) is 14.8. The van der Waals surface area contributed by atoms with Crippen molar-refractivity contribution in [3.05, 3.63) is 112 Å². The molecule has 4 rings (SSSR count).